The number of hydrogen-bond donors (Lipinski definition) is 2. The van der Waals surface area contributed by atoms with Crippen molar-refractivity contribution in [2.45, 2.75) is 44.8 Å². The number of nitrogens with one attached hydrogen (secondary N) is 1. The molecule has 1 aliphatic heterocycles. The van der Waals surface area contributed by atoms with E-state index < -0.39 is 0 Å². The first-order valence-corrected chi connectivity index (χ1v) is 6.77. The van der Waals surface area contributed by atoms with Crippen LogP contribution in [0.4, 0.5) is 0 Å². The molecule has 1 saturated heterocycles. The van der Waals surface area contributed by atoms with Gasteiger partial charge in [0.1, 0.15) is 0 Å². The Hall–Kier alpha value is -0.120. The highest BCUT2D eigenvalue weighted by Crippen LogP contribution is 2.25. The Morgan fingerprint density at radius 3 is 2.75 bits per heavy atom. The Balaban J connectivity index is 1.73. The van der Waals surface area contributed by atoms with Gasteiger partial charge in [0.2, 0.25) is 0 Å². The van der Waals surface area contributed by atoms with Gasteiger partial charge in [-0.05, 0) is 44.7 Å². The summed E-state index contributed by atoms with van der Waals surface area (Å²) in [5, 5.41) is 13.5. The van der Waals surface area contributed by atoms with Gasteiger partial charge >= 0.3 is 0 Å². The Labute approximate surface area is 99.2 Å². The monoisotopic (exact) mass is 226 g/mol. The van der Waals surface area contributed by atoms with Gasteiger partial charge in [0.05, 0.1) is 6.10 Å². The molecule has 94 valence electrons. The van der Waals surface area contributed by atoms with Crippen molar-refractivity contribution >= 4 is 0 Å². The molecule has 3 heteroatoms. The lowest BCUT2D eigenvalue weighted by Gasteiger charge is -2.36. The van der Waals surface area contributed by atoms with Crippen LogP contribution >= 0.6 is 0 Å². The third-order valence-electron chi connectivity index (χ3n) is 4.37. The molecule has 4 unspecified atom stereocenters. The van der Waals surface area contributed by atoms with Crippen LogP contribution in [-0.2, 0) is 0 Å². The van der Waals surface area contributed by atoms with Gasteiger partial charge in [0.15, 0.2) is 0 Å². The Kier molecular flexibility index (Phi) is 4.22. The van der Waals surface area contributed by atoms with Gasteiger partial charge in [-0.25, -0.2) is 0 Å². The lowest BCUT2D eigenvalue weighted by Crippen LogP contribution is -2.48. The minimum atomic E-state index is -0.0472. The summed E-state index contributed by atoms with van der Waals surface area (Å²) in [4.78, 5) is 2.41. The molecule has 2 aliphatic rings. The van der Waals surface area contributed by atoms with Crippen molar-refractivity contribution in [2.24, 2.45) is 11.8 Å². The molecule has 4 atom stereocenters. The Bertz CT molecular complexity index is 222. The predicted molar refractivity (Wildman–Crippen MR) is 66.4 cm³/mol. The van der Waals surface area contributed by atoms with Crippen molar-refractivity contribution in [1.82, 2.24) is 10.2 Å². The van der Waals surface area contributed by atoms with Crippen LogP contribution < -0.4 is 5.32 Å². The quantitative estimate of drug-likeness (QED) is 0.756. The molecule has 0 aromatic carbocycles. The first kappa shape index (κ1) is 12.3. The largest absolute Gasteiger partial charge is 0.393 e. The second kappa shape index (κ2) is 5.48. The molecule has 1 heterocycles. The molecule has 2 rings (SSSR count). The maximum absolute atomic E-state index is 9.78. The number of nitrogens with zero attached hydrogens (tertiary/aromatic N) is 1. The number of piperidine rings is 1. The highest BCUT2D eigenvalue weighted by Gasteiger charge is 2.28. The van der Waals surface area contributed by atoms with Crippen LogP contribution in [0.2, 0.25) is 0 Å². The first-order valence-electron chi connectivity index (χ1n) is 6.77. The molecule has 0 bridgehead atoms. The molecule has 0 aromatic rings. The van der Waals surface area contributed by atoms with E-state index in [1.807, 2.05) is 0 Å². The summed E-state index contributed by atoms with van der Waals surface area (Å²) < 4.78 is 0. The van der Waals surface area contributed by atoms with Crippen molar-refractivity contribution in [1.29, 1.82) is 0 Å². The topological polar surface area (TPSA) is 35.5 Å². The molecule has 3 nitrogen and oxygen atoms in total. The molecule has 0 radical (unpaired) electrons. The van der Waals surface area contributed by atoms with Gasteiger partial charge in [-0.15, -0.1) is 0 Å². The van der Waals surface area contributed by atoms with E-state index in [0.717, 1.165) is 18.9 Å². The Morgan fingerprint density at radius 2 is 2.12 bits per heavy atom. The van der Waals surface area contributed by atoms with E-state index in [9.17, 15) is 5.11 Å². The van der Waals surface area contributed by atoms with Crippen LogP contribution in [-0.4, -0.2) is 48.8 Å². The number of rotatable bonds is 3. The molecule has 0 amide bonds. The molecule has 1 saturated carbocycles. The molecule has 16 heavy (non-hydrogen) atoms. The molecule has 2 fully saturated rings. The maximum atomic E-state index is 9.78. The van der Waals surface area contributed by atoms with E-state index in [0.29, 0.717) is 12.0 Å². The van der Waals surface area contributed by atoms with Crippen LogP contribution in [0.1, 0.15) is 32.6 Å². The van der Waals surface area contributed by atoms with Crippen LogP contribution in [0.15, 0.2) is 0 Å². The van der Waals surface area contributed by atoms with Crippen molar-refractivity contribution < 1.29 is 5.11 Å². The minimum absolute atomic E-state index is 0.0472. The van der Waals surface area contributed by atoms with Crippen LogP contribution in [0.25, 0.3) is 0 Å². The summed E-state index contributed by atoms with van der Waals surface area (Å²) in [7, 11) is 2.20. The second-order valence-electron chi connectivity index (χ2n) is 5.80. The molecule has 1 aliphatic carbocycles. The maximum Gasteiger partial charge on any atom is 0.0580 e. The predicted octanol–water partition coefficient (Wildman–Crippen LogP) is 1.08. The van der Waals surface area contributed by atoms with Gasteiger partial charge in [0, 0.05) is 19.1 Å². The van der Waals surface area contributed by atoms with Crippen LogP contribution in [0, 0.1) is 11.8 Å². The van der Waals surface area contributed by atoms with Gasteiger partial charge < -0.3 is 15.3 Å². The highest BCUT2D eigenvalue weighted by atomic mass is 16.3. The fourth-order valence-corrected chi connectivity index (χ4v) is 3.22. The summed E-state index contributed by atoms with van der Waals surface area (Å²) in [5.41, 5.74) is 0. The number of hydrogen-bond acceptors (Lipinski definition) is 3. The summed E-state index contributed by atoms with van der Waals surface area (Å²) in [5.74, 6) is 1.24. The summed E-state index contributed by atoms with van der Waals surface area (Å²) in [6.45, 7) is 5.75. The lowest BCUT2D eigenvalue weighted by atomic mass is 9.93. The molecular formula is C13H26N2O. The first-order chi connectivity index (χ1) is 7.66. The third kappa shape index (κ3) is 2.96. The summed E-state index contributed by atoms with van der Waals surface area (Å²) >= 11 is 0. The Morgan fingerprint density at radius 1 is 1.31 bits per heavy atom. The standard InChI is InChI=1S/C13H26N2O/c1-10-9-15(2)7-6-12(10)14-8-11-4-3-5-13(11)16/h10-14,16H,3-9H2,1-2H3. The summed E-state index contributed by atoms with van der Waals surface area (Å²) in [6, 6.07) is 0.656. The van der Waals surface area contributed by atoms with Gasteiger partial charge in [0.25, 0.3) is 0 Å². The highest BCUT2D eigenvalue weighted by molar-refractivity contribution is 4.85. The average Bonchev–Trinajstić information content (AvgIpc) is 2.63. The fraction of sp³-hybridized carbons (Fsp3) is 1.00. The van der Waals surface area contributed by atoms with E-state index in [1.165, 1.54) is 32.4 Å². The van der Waals surface area contributed by atoms with Crippen molar-refractivity contribution in [3.05, 3.63) is 0 Å². The van der Waals surface area contributed by atoms with Crippen molar-refractivity contribution in [2.75, 3.05) is 26.7 Å². The zero-order valence-electron chi connectivity index (χ0n) is 10.7. The zero-order valence-corrected chi connectivity index (χ0v) is 10.7. The lowest BCUT2D eigenvalue weighted by molar-refractivity contribution is 0.119. The van der Waals surface area contributed by atoms with Crippen LogP contribution in [0.5, 0.6) is 0 Å². The third-order valence-corrected chi connectivity index (χ3v) is 4.37. The van der Waals surface area contributed by atoms with Crippen LogP contribution in [0.3, 0.4) is 0 Å². The van der Waals surface area contributed by atoms with Gasteiger partial charge in [-0.2, -0.15) is 0 Å². The number of aliphatic hydroxyl groups excluding tert-OH is 1. The van der Waals surface area contributed by atoms with Crippen molar-refractivity contribution in [3.8, 4) is 0 Å². The fourth-order valence-electron chi connectivity index (χ4n) is 3.22. The van der Waals surface area contributed by atoms with Gasteiger partial charge in [-0.1, -0.05) is 13.3 Å². The minimum Gasteiger partial charge on any atom is -0.393 e. The second-order valence-corrected chi connectivity index (χ2v) is 5.80. The zero-order chi connectivity index (χ0) is 11.5. The van der Waals surface area contributed by atoms with E-state index in [2.05, 4.69) is 24.2 Å². The van der Waals surface area contributed by atoms with Crippen molar-refractivity contribution in [3.63, 3.8) is 0 Å². The SMILES string of the molecule is CC1CN(C)CCC1NCC1CCCC1O. The van der Waals surface area contributed by atoms with E-state index in [-0.39, 0.29) is 6.10 Å². The number of aliphatic hydroxyl groups is 1. The molecule has 2 N–H and O–H groups in total. The normalized spacial score (nSPS) is 41.4. The van der Waals surface area contributed by atoms with E-state index >= 15 is 0 Å². The summed E-state index contributed by atoms with van der Waals surface area (Å²) in [6.07, 6.45) is 4.62. The van der Waals surface area contributed by atoms with E-state index in [1.54, 1.807) is 0 Å². The average molecular weight is 226 g/mol. The molecule has 0 aromatic heterocycles. The smallest absolute Gasteiger partial charge is 0.0580 e. The van der Waals surface area contributed by atoms with E-state index in [4.69, 9.17) is 0 Å². The number of likely N-dealkylation sites (tertiary alicyclic amines) is 1. The molecule has 0 spiro atoms. The molecular weight excluding hydrogens is 200 g/mol. The van der Waals surface area contributed by atoms with Gasteiger partial charge in [-0.3, -0.25) is 0 Å².